The van der Waals surface area contributed by atoms with E-state index in [0.717, 1.165) is 11.8 Å². The Morgan fingerprint density at radius 3 is 2.93 bits per heavy atom. The predicted octanol–water partition coefficient (Wildman–Crippen LogP) is 2.92. The van der Waals surface area contributed by atoms with Crippen LogP contribution in [0.5, 0.6) is 5.88 Å². The van der Waals surface area contributed by atoms with Crippen LogP contribution in [0.4, 0.5) is 5.69 Å². The van der Waals surface area contributed by atoms with Crippen LogP contribution in [0.2, 0.25) is 0 Å². The first-order valence-corrected chi connectivity index (χ1v) is 6.05. The zero-order valence-corrected chi connectivity index (χ0v) is 10.8. The van der Waals surface area contributed by atoms with E-state index in [9.17, 15) is 10.1 Å². The van der Waals surface area contributed by atoms with Crippen molar-refractivity contribution in [3.8, 4) is 5.88 Å². The molecule has 1 heterocycles. The molecule has 7 heteroatoms. The molecule has 1 aromatic heterocycles. The number of nitro groups is 1. The Bertz CT molecular complexity index is 360. The van der Waals surface area contributed by atoms with Crippen LogP contribution in [-0.2, 0) is 0 Å². The number of hydrogen-bond donors (Lipinski definition) is 0. The molecular formula is C8H8Br2N2O3. The lowest BCUT2D eigenvalue weighted by Crippen LogP contribution is -2.02. The molecule has 0 aromatic carbocycles. The van der Waals surface area contributed by atoms with Crippen LogP contribution in [-0.4, -0.2) is 21.8 Å². The lowest BCUT2D eigenvalue weighted by Gasteiger charge is -2.04. The molecule has 0 saturated carbocycles. The zero-order valence-electron chi connectivity index (χ0n) is 7.65. The minimum Gasteiger partial charge on any atom is -0.473 e. The minimum atomic E-state index is -0.513. The fraction of sp³-hybridized carbons (Fsp3) is 0.375. The van der Waals surface area contributed by atoms with Gasteiger partial charge in [-0.15, -0.1) is 0 Å². The normalized spacial score (nSPS) is 10.0. The van der Waals surface area contributed by atoms with E-state index in [4.69, 9.17) is 4.74 Å². The fourth-order valence-corrected chi connectivity index (χ4v) is 1.43. The Morgan fingerprint density at radius 2 is 2.33 bits per heavy atom. The Kier molecular flexibility index (Phi) is 4.97. The molecule has 0 fully saturated rings. The maximum Gasteiger partial charge on any atom is 0.332 e. The zero-order chi connectivity index (χ0) is 11.3. The summed E-state index contributed by atoms with van der Waals surface area (Å²) < 4.78 is 5.75. The van der Waals surface area contributed by atoms with E-state index >= 15 is 0 Å². The molecule has 82 valence electrons. The van der Waals surface area contributed by atoms with Gasteiger partial charge in [-0.05, 0) is 22.4 Å². The van der Waals surface area contributed by atoms with E-state index in [1.807, 2.05) is 0 Å². The molecule has 0 N–H and O–H groups in total. The topological polar surface area (TPSA) is 65.3 Å². The molecule has 0 amide bonds. The highest BCUT2D eigenvalue weighted by molar-refractivity contribution is 9.10. The molecule has 0 unspecified atom stereocenters. The molecule has 0 radical (unpaired) electrons. The number of nitrogens with zero attached hydrogens (tertiary/aromatic N) is 2. The molecule has 0 spiro atoms. The highest BCUT2D eigenvalue weighted by Gasteiger charge is 2.16. The lowest BCUT2D eigenvalue weighted by atomic mass is 10.4. The second-order valence-corrected chi connectivity index (χ2v) is 4.33. The fourth-order valence-electron chi connectivity index (χ4n) is 0.881. The molecular weight excluding hydrogens is 332 g/mol. The van der Waals surface area contributed by atoms with Crippen LogP contribution in [0.1, 0.15) is 6.42 Å². The number of pyridine rings is 1. The lowest BCUT2D eigenvalue weighted by molar-refractivity contribution is -0.386. The van der Waals surface area contributed by atoms with Gasteiger partial charge in [0.2, 0.25) is 0 Å². The summed E-state index contributed by atoms with van der Waals surface area (Å²) in [5.74, 6) is 0.0594. The largest absolute Gasteiger partial charge is 0.473 e. The Balaban J connectivity index is 2.81. The van der Waals surface area contributed by atoms with Gasteiger partial charge in [-0.25, -0.2) is 4.98 Å². The number of aromatic nitrogens is 1. The number of hydrogen-bond acceptors (Lipinski definition) is 4. The molecule has 0 saturated heterocycles. The summed E-state index contributed by atoms with van der Waals surface area (Å²) >= 11 is 6.36. The molecule has 5 nitrogen and oxygen atoms in total. The van der Waals surface area contributed by atoms with Crippen molar-refractivity contribution in [1.29, 1.82) is 0 Å². The monoisotopic (exact) mass is 338 g/mol. The Labute approximate surface area is 103 Å². The van der Waals surface area contributed by atoms with Gasteiger partial charge in [-0.2, -0.15) is 0 Å². The molecule has 0 aliphatic rings. The third kappa shape index (κ3) is 3.75. The Hall–Kier alpha value is -0.690. The van der Waals surface area contributed by atoms with Crippen molar-refractivity contribution in [3.05, 3.63) is 26.9 Å². The van der Waals surface area contributed by atoms with Crippen molar-refractivity contribution < 1.29 is 9.66 Å². The van der Waals surface area contributed by atoms with Gasteiger partial charge < -0.3 is 4.74 Å². The summed E-state index contributed by atoms with van der Waals surface area (Å²) in [7, 11) is 0. The quantitative estimate of drug-likeness (QED) is 0.358. The summed E-state index contributed by atoms with van der Waals surface area (Å²) in [6.07, 6.45) is 2.24. The van der Waals surface area contributed by atoms with E-state index < -0.39 is 4.92 Å². The van der Waals surface area contributed by atoms with Crippen LogP contribution < -0.4 is 4.74 Å². The first kappa shape index (κ1) is 12.4. The van der Waals surface area contributed by atoms with Gasteiger partial charge in [0.25, 0.3) is 5.88 Å². The summed E-state index contributed by atoms with van der Waals surface area (Å²) in [6.45, 7) is 0.403. The summed E-state index contributed by atoms with van der Waals surface area (Å²) in [5.41, 5.74) is -0.126. The van der Waals surface area contributed by atoms with Crippen LogP contribution in [0.3, 0.4) is 0 Å². The molecule has 0 bridgehead atoms. The van der Waals surface area contributed by atoms with Crippen LogP contribution >= 0.6 is 31.9 Å². The maximum atomic E-state index is 10.7. The van der Waals surface area contributed by atoms with Crippen molar-refractivity contribution in [1.82, 2.24) is 4.98 Å². The van der Waals surface area contributed by atoms with Gasteiger partial charge in [0.15, 0.2) is 0 Å². The van der Waals surface area contributed by atoms with E-state index in [1.54, 1.807) is 0 Å². The van der Waals surface area contributed by atoms with E-state index in [-0.39, 0.29) is 11.6 Å². The van der Waals surface area contributed by atoms with Gasteiger partial charge >= 0.3 is 5.69 Å². The predicted molar refractivity (Wildman–Crippen MR) is 62.5 cm³/mol. The number of halogens is 2. The molecule has 15 heavy (non-hydrogen) atoms. The van der Waals surface area contributed by atoms with Gasteiger partial charge in [0.1, 0.15) is 0 Å². The molecule has 0 aliphatic carbocycles. The summed E-state index contributed by atoms with van der Waals surface area (Å²) in [4.78, 5) is 14.0. The van der Waals surface area contributed by atoms with E-state index in [0.29, 0.717) is 11.1 Å². The van der Waals surface area contributed by atoms with Crippen LogP contribution in [0.25, 0.3) is 0 Å². The molecule has 0 aliphatic heterocycles. The van der Waals surface area contributed by atoms with Gasteiger partial charge in [0.05, 0.1) is 11.5 Å². The number of rotatable bonds is 5. The van der Waals surface area contributed by atoms with Crippen LogP contribution in [0.15, 0.2) is 16.7 Å². The van der Waals surface area contributed by atoms with Gasteiger partial charge in [-0.1, -0.05) is 15.9 Å². The van der Waals surface area contributed by atoms with E-state index in [2.05, 4.69) is 36.8 Å². The average Bonchev–Trinajstić information content (AvgIpc) is 2.20. The molecule has 0 atom stereocenters. The van der Waals surface area contributed by atoms with Gasteiger partial charge in [-0.3, -0.25) is 10.1 Å². The first-order valence-electron chi connectivity index (χ1n) is 4.14. The van der Waals surface area contributed by atoms with Crippen molar-refractivity contribution in [2.75, 3.05) is 11.9 Å². The van der Waals surface area contributed by atoms with Crippen molar-refractivity contribution in [2.24, 2.45) is 0 Å². The first-order chi connectivity index (χ1) is 7.15. The second kappa shape index (κ2) is 6.02. The SMILES string of the molecule is O=[N+]([O-])c1cc(Br)cnc1OCCCBr. The second-order valence-electron chi connectivity index (χ2n) is 2.63. The highest BCUT2D eigenvalue weighted by Crippen LogP contribution is 2.27. The smallest absolute Gasteiger partial charge is 0.332 e. The van der Waals surface area contributed by atoms with Gasteiger partial charge in [0, 0.05) is 22.1 Å². The van der Waals surface area contributed by atoms with Crippen LogP contribution in [0, 0.1) is 10.1 Å². The van der Waals surface area contributed by atoms with Crippen molar-refractivity contribution in [3.63, 3.8) is 0 Å². The molecule has 1 rings (SSSR count). The Morgan fingerprint density at radius 1 is 1.60 bits per heavy atom. The van der Waals surface area contributed by atoms with Crippen molar-refractivity contribution >= 4 is 37.5 Å². The summed E-state index contributed by atoms with van der Waals surface area (Å²) in [6, 6.07) is 1.37. The standard InChI is InChI=1S/C8H8Br2N2O3/c9-2-1-3-15-8-7(12(13)14)4-6(10)5-11-8/h4-5H,1-3H2. The number of alkyl halides is 1. The summed E-state index contributed by atoms with van der Waals surface area (Å²) in [5, 5.41) is 11.5. The highest BCUT2D eigenvalue weighted by atomic mass is 79.9. The third-order valence-corrected chi connectivity index (χ3v) is 2.51. The third-order valence-electron chi connectivity index (χ3n) is 1.51. The van der Waals surface area contributed by atoms with E-state index in [1.165, 1.54) is 12.3 Å². The minimum absolute atomic E-state index is 0.0594. The average molecular weight is 340 g/mol. The number of ether oxygens (including phenoxy) is 1. The van der Waals surface area contributed by atoms with Crippen molar-refractivity contribution in [2.45, 2.75) is 6.42 Å². The molecule has 1 aromatic rings. The maximum absolute atomic E-state index is 10.7.